The zero-order valence-electron chi connectivity index (χ0n) is 15.3. The number of sulfonamides is 1. The molecule has 0 aromatic heterocycles. The Morgan fingerprint density at radius 3 is 2.41 bits per heavy atom. The summed E-state index contributed by atoms with van der Waals surface area (Å²) in [5.41, 5.74) is 11.4. The van der Waals surface area contributed by atoms with Crippen molar-refractivity contribution in [2.45, 2.75) is 4.90 Å². The first-order chi connectivity index (χ1) is 13.7. The molecule has 9 nitrogen and oxygen atoms in total. The van der Waals surface area contributed by atoms with E-state index in [1.807, 2.05) is 12.1 Å². The maximum atomic E-state index is 12.0. The van der Waals surface area contributed by atoms with E-state index in [0.29, 0.717) is 11.4 Å². The van der Waals surface area contributed by atoms with Gasteiger partial charge in [0.1, 0.15) is 5.75 Å². The molecule has 29 heavy (non-hydrogen) atoms. The van der Waals surface area contributed by atoms with Crippen molar-refractivity contribution >= 4 is 51.0 Å². The molecule has 0 aliphatic heterocycles. The molecule has 152 valence electrons. The third-order valence-electron chi connectivity index (χ3n) is 3.43. The minimum Gasteiger partial charge on any atom is -0.496 e. The monoisotopic (exact) mass is 433 g/mol. The second kappa shape index (κ2) is 9.66. The van der Waals surface area contributed by atoms with Gasteiger partial charge in [-0.3, -0.25) is 10.1 Å². The molecule has 0 saturated heterocycles. The molecule has 0 aliphatic rings. The number of para-hydroxylation sites is 1. The molecule has 0 atom stereocenters. The molecule has 1 amide bonds. The second-order valence-corrected chi connectivity index (χ2v) is 7.55. The van der Waals surface area contributed by atoms with Gasteiger partial charge in [-0.05, 0) is 48.6 Å². The summed E-state index contributed by atoms with van der Waals surface area (Å²) in [5, 5.41) is 5.30. The number of carbonyl (C=O) groups excluding carboxylic acids is 1. The van der Waals surface area contributed by atoms with Crippen LogP contribution in [0, 0.1) is 0 Å². The SMILES string of the molecule is COc1ccccc1C=CC(=O)NC(=S)Nc1ccc(S(=O)(=O)N=C(N)N)cc1. The Labute approximate surface area is 173 Å². The van der Waals surface area contributed by atoms with Gasteiger partial charge in [0.2, 0.25) is 11.9 Å². The minimum absolute atomic E-state index is 0.0412. The van der Waals surface area contributed by atoms with E-state index in [1.165, 1.54) is 30.3 Å². The van der Waals surface area contributed by atoms with Crippen LogP contribution in [0.4, 0.5) is 5.69 Å². The fraction of sp³-hybridized carbons (Fsp3) is 0.0556. The van der Waals surface area contributed by atoms with Crippen molar-refractivity contribution in [3.63, 3.8) is 0 Å². The summed E-state index contributed by atoms with van der Waals surface area (Å²) in [4.78, 5) is 11.9. The molecule has 0 spiro atoms. The number of nitrogens with two attached hydrogens (primary N) is 2. The van der Waals surface area contributed by atoms with Gasteiger partial charge in [0.05, 0.1) is 12.0 Å². The van der Waals surface area contributed by atoms with Crippen molar-refractivity contribution in [2.24, 2.45) is 15.9 Å². The molecule has 6 N–H and O–H groups in total. The van der Waals surface area contributed by atoms with E-state index in [9.17, 15) is 13.2 Å². The summed E-state index contributed by atoms with van der Waals surface area (Å²) >= 11 is 5.08. The normalized spacial score (nSPS) is 10.9. The Hall–Kier alpha value is -3.44. The lowest BCUT2D eigenvalue weighted by Gasteiger charge is -2.09. The highest BCUT2D eigenvalue weighted by Crippen LogP contribution is 2.18. The Morgan fingerprint density at radius 2 is 1.79 bits per heavy atom. The smallest absolute Gasteiger partial charge is 0.285 e. The second-order valence-electron chi connectivity index (χ2n) is 5.53. The molecule has 0 bridgehead atoms. The number of amides is 1. The highest BCUT2D eigenvalue weighted by molar-refractivity contribution is 7.90. The van der Waals surface area contributed by atoms with Crippen LogP contribution in [0.2, 0.25) is 0 Å². The van der Waals surface area contributed by atoms with Crippen molar-refractivity contribution in [3.05, 3.63) is 60.2 Å². The highest BCUT2D eigenvalue weighted by atomic mass is 32.2. The van der Waals surface area contributed by atoms with Crippen molar-refractivity contribution in [1.29, 1.82) is 0 Å². The number of hydrogen-bond donors (Lipinski definition) is 4. The maximum absolute atomic E-state index is 12.0. The van der Waals surface area contributed by atoms with Crippen LogP contribution in [0.25, 0.3) is 6.08 Å². The average Bonchev–Trinajstić information content (AvgIpc) is 2.66. The zero-order valence-corrected chi connectivity index (χ0v) is 17.0. The van der Waals surface area contributed by atoms with Crippen LogP contribution in [-0.4, -0.2) is 32.5 Å². The van der Waals surface area contributed by atoms with Crippen molar-refractivity contribution in [2.75, 3.05) is 12.4 Å². The van der Waals surface area contributed by atoms with Crippen LogP contribution in [0.5, 0.6) is 5.75 Å². The maximum Gasteiger partial charge on any atom is 0.285 e. The largest absolute Gasteiger partial charge is 0.496 e. The molecule has 0 aliphatic carbocycles. The lowest BCUT2D eigenvalue weighted by atomic mass is 10.2. The number of nitrogens with one attached hydrogen (secondary N) is 2. The zero-order chi connectivity index (χ0) is 21.4. The lowest BCUT2D eigenvalue weighted by Crippen LogP contribution is -2.32. The Balaban J connectivity index is 1.97. The summed E-state index contributed by atoms with van der Waals surface area (Å²) in [7, 11) is -2.43. The third-order valence-corrected chi connectivity index (χ3v) is 4.95. The number of methoxy groups -OCH3 is 1. The molecule has 0 fully saturated rings. The molecule has 0 unspecified atom stereocenters. The van der Waals surface area contributed by atoms with Crippen LogP contribution < -0.4 is 26.8 Å². The van der Waals surface area contributed by atoms with E-state index >= 15 is 0 Å². The summed E-state index contributed by atoms with van der Waals surface area (Å²) in [6.45, 7) is 0. The average molecular weight is 434 g/mol. The number of rotatable bonds is 6. The molecule has 2 aromatic carbocycles. The summed E-state index contributed by atoms with van der Waals surface area (Å²) in [6.07, 6.45) is 2.91. The Kier molecular flexibility index (Phi) is 7.28. The number of ether oxygens (including phenoxy) is 1. The van der Waals surface area contributed by atoms with Crippen molar-refractivity contribution < 1.29 is 17.9 Å². The number of nitrogens with zero attached hydrogens (tertiary/aromatic N) is 1. The van der Waals surface area contributed by atoms with Gasteiger partial charge in [0.25, 0.3) is 10.0 Å². The predicted molar refractivity (Wildman–Crippen MR) is 116 cm³/mol. The number of benzene rings is 2. The van der Waals surface area contributed by atoms with Gasteiger partial charge in [-0.1, -0.05) is 18.2 Å². The number of hydrogen-bond acceptors (Lipinski definition) is 5. The number of carbonyl (C=O) groups is 1. The van der Waals surface area contributed by atoms with E-state index in [2.05, 4.69) is 15.0 Å². The Bertz CT molecular complexity index is 1060. The van der Waals surface area contributed by atoms with Crippen LogP contribution in [0.1, 0.15) is 5.56 Å². The molecule has 2 rings (SSSR count). The van der Waals surface area contributed by atoms with Crippen molar-refractivity contribution in [3.8, 4) is 5.75 Å². The van der Waals surface area contributed by atoms with Crippen molar-refractivity contribution in [1.82, 2.24) is 5.32 Å². The molecule has 0 heterocycles. The number of guanidine groups is 1. The fourth-order valence-electron chi connectivity index (χ4n) is 2.19. The highest BCUT2D eigenvalue weighted by Gasteiger charge is 2.13. The van der Waals surface area contributed by atoms with E-state index in [4.69, 9.17) is 28.4 Å². The van der Waals surface area contributed by atoms with Gasteiger partial charge in [0.15, 0.2) is 5.11 Å². The van der Waals surface area contributed by atoms with E-state index in [1.54, 1.807) is 25.3 Å². The van der Waals surface area contributed by atoms with E-state index in [0.717, 1.165) is 5.56 Å². The van der Waals surface area contributed by atoms with Gasteiger partial charge in [-0.25, -0.2) is 0 Å². The first-order valence-electron chi connectivity index (χ1n) is 8.10. The molecule has 0 radical (unpaired) electrons. The minimum atomic E-state index is -3.98. The molecule has 0 saturated carbocycles. The summed E-state index contributed by atoms with van der Waals surface area (Å²) in [6, 6.07) is 12.7. The number of anilines is 1. The molecular weight excluding hydrogens is 414 g/mol. The third kappa shape index (κ3) is 6.59. The van der Waals surface area contributed by atoms with Crippen LogP contribution in [-0.2, 0) is 14.8 Å². The summed E-state index contributed by atoms with van der Waals surface area (Å²) in [5.74, 6) is -0.370. The Morgan fingerprint density at radius 1 is 1.14 bits per heavy atom. The van der Waals surface area contributed by atoms with Gasteiger partial charge >= 0.3 is 0 Å². The summed E-state index contributed by atoms with van der Waals surface area (Å²) < 4.78 is 32.2. The van der Waals surface area contributed by atoms with Gasteiger partial charge in [-0.2, -0.15) is 8.42 Å². The van der Waals surface area contributed by atoms with Crippen LogP contribution in [0.15, 0.2) is 63.9 Å². The fourth-order valence-corrected chi connectivity index (χ4v) is 3.27. The molecular formula is C18H19N5O4S2. The van der Waals surface area contributed by atoms with Gasteiger partial charge < -0.3 is 21.5 Å². The van der Waals surface area contributed by atoms with Crippen LogP contribution in [0.3, 0.4) is 0 Å². The standard InChI is InChI=1S/C18H19N5O4S2/c1-27-15-5-3-2-4-12(15)6-11-16(24)22-18(28)21-13-7-9-14(10-8-13)29(25,26)23-17(19)20/h2-11H,1H3,(H4,19,20,23)(H2,21,22,24,28). The van der Waals surface area contributed by atoms with Gasteiger partial charge in [0, 0.05) is 17.3 Å². The molecule has 11 heteroatoms. The predicted octanol–water partition coefficient (Wildman–Crippen LogP) is 1.18. The molecule has 2 aromatic rings. The first kappa shape index (κ1) is 21.9. The lowest BCUT2D eigenvalue weighted by molar-refractivity contribution is -0.115. The quantitative estimate of drug-likeness (QED) is 0.230. The first-order valence-corrected chi connectivity index (χ1v) is 9.95. The van der Waals surface area contributed by atoms with Crippen LogP contribution >= 0.6 is 12.2 Å². The number of thiocarbonyl (C=S) groups is 1. The van der Waals surface area contributed by atoms with E-state index < -0.39 is 21.9 Å². The van der Waals surface area contributed by atoms with E-state index in [-0.39, 0.29) is 10.0 Å². The van der Waals surface area contributed by atoms with Gasteiger partial charge in [-0.15, -0.1) is 4.40 Å². The topological polar surface area (TPSA) is 149 Å².